The van der Waals surface area contributed by atoms with Crippen LogP contribution >= 0.6 is 0 Å². The Bertz CT molecular complexity index is 714. The Hall–Kier alpha value is -1.03. The van der Waals surface area contributed by atoms with Gasteiger partial charge >= 0.3 is 5.97 Å². The van der Waals surface area contributed by atoms with Gasteiger partial charge in [-0.2, -0.15) is 0 Å². The summed E-state index contributed by atoms with van der Waals surface area (Å²) in [6.07, 6.45) is 17.2. The maximum atomic E-state index is 11.6. The lowest BCUT2D eigenvalue weighted by molar-refractivity contribution is -0.139. The fraction of sp³-hybridized carbons (Fsp3) is 0.914. The zero-order chi connectivity index (χ0) is 31.9. The Balaban J connectivity index is 1.99. The first-order valence-corrected chi connectivity index (χ1v) is 17.6. The van der Waals surface area contributed by atoms with Gasteiger partial charge < -0.3 is 35.4 Å². The van der Waals surface area contributed by atoms with Gasteiger partial charge in [0, 0.05) is 12.0 Å². The second kappa shape index (κ2) is 25.2. The van der Waals surface area contributed by atoms with E-state index < -0.39 is 36.6 Å². The fourth-order valence-corrected chi connectivity index (χ4v) is 5.90. The largest absolute Gasteiger partial charge is 0.455 e. The molecule has 0 bridgehead atoms. The van der Waals surface area contributed by atoms with Crippen LogP contribution in [0.25, 0.3) is 0 Å². The summed E-state index contributed by atoms with van der Waals surface area (Å²) in [6.45, 7) is 4.03. The van der Waals surface area contributed by atoms with E-state index in [1.165, 1.54) is 51.4 Å². The van der Waals surface area contributed by atoms with E-state index >= 15 is 0 Å². The average Bonchev–Trinajstić information content (AvgIpc) is 3.29. The molecule has 1 rings (SSSR count). The van der Waals surface area contributed by atoms with Crippen molar-refractivity contribution in [1.29, 1.82) is 0 Å². The monoisotopic (exact) mass is 614 g/mol. The number of rotatable bonds is 29. The normalized spacial score (nSPS) is 19.5. The molecule has 7 unspecified atom stereocenters. The van der Waals surface area contributed by atoms with Crippen molar-refractivity contribution in [2.24, 2.45) is 0 Å². The van der Waals surface area contributed by atoms with Crippen LogP contribution in [0.3, 0.4) is 0 Å². The molecule has 0 aromatic carbocycles. The molecule has 6 N–H and O–H groups in total. The molecule has 0 aromatic rings. The van der Waals surface area contributed by atoms with Gasteiger partial charge in [0.15, 0.2) is 0 Å². The molecule has 8 nitrogen and oxygen atoms in total. The van der Waals surface area contributed by atoms with Crippen LogP contribution in [0.15, 0.2) is 11.6 Å². The van der Waals surface area contributed by atoms with Crippen molar-refractivity contribution >= 4 is 5.97 Å². The van der Waals surface area contributed by atoms with Gasteiger partial charge in [0.05, 0.1) is 36.6 Å². The number of carbonyl (C=O) groups is 1. The lowest BCUT2D eigenvalue weighted by Crippen LogP contribution is -2.31. The van der Waals surface area contributed by atoms with Gasteiger partial charge in [-0.05, 0) is 57.9 Å². The van der Waals surface area contributed by atoms with Crippen LogP contribution in [-0.4, -0.2) is 79.3 Å². The number of cyclic esters (lactones) is 1. The predicted octanol–water partition coefficient (Wildman–Crippen LogP) is 6.02. The molecule has 0 spiro atoms. The molecule has 1 aliphatic heterocycles. The van der Waals surface area contributed by atoms with Crippen LogP contribution in [0, 0.1) is 0 Å². The highest BCUT2D eigenvalue weighted by molar-refractivity contribution is 5.90. The molecule has 0 fully saturated rings. The molecule has 0 aromatic heterocycles. The van der Waals surface area contributed by atoms with Gasteiger partial charge in [-0.3, -0.25) is 0 Å². The van der Waals surface area contributed by atoms with E-state index in [4.69, 9.17) is 4.74 Å². The van der Waals surface area contributed by atoms with Gasteiger partial charge in [-0.25, -0.2) is 4.79 Å². The Labute approximate surface area is 261 Å². The third-order valence-electron chi connectivity index (χ3n) is 8.81. The number of hydrogen-bond donors (Lipinski definition) is 6. The summed E-state index contributed by atoms with van der Waals surface area (Å²) < 4.78 is 5.05. The second-order valence-corrected chi connectivity index (χ2v) is 13.1. The van der Waals surface area contributed by atoms with E-state index in [0.717, 1.165) is 38.5 Å². The zero-order valence-corrected chi connectivity index (χ0v) is 27.4. The number of aliphatic hydroxyl groups excluding tert-OH is 6. The molecule has 1 aliphatic rings. The van der Waals surface area contributed by atoms with Crippen molar-refractivity contribution in [3.8, 4) is 0 Å². The highest BCUT2D eigenvalue weighted by atomic mass is 16.5. The van der Waals surface area contributed by atoms with E-state index in [1.54, 1.807) is 13.0 Å². The SMILES string of the molecule is CCCCCCCCCCCCC(O)C(O)CCC(O)C(O)CCCCC(O)CCCCCC(O)CC1=CC(C)OC1=O. The van der Waals surface area contributed by atoms with Crippen molar-refractivity contribution in [2.75, 3.05) is 0 Å². The highest BCUT2D eigenvalue weighted by Gasteiger charge is 2.24. The van der Waals surface area contributed by atoms with Crippen LogP contribution in [0.5, 0.6) is 0 Å². The first kappa shape index (κ1) is 40.0. The molecule has 8 heteroatoms. The molecule has 0 saturated carbocycles. The van der Waals surface area contributed by atoms with Gasteiger partial charge in [0.2, 0.25) is 0 Å². The van der Waals surface area contributed by atoms with Gasteiger partial charge in [-0.1, -0.05) is 103 Å². The topological polar surface area (TPSA) is 148 Å². The number of aliphatic hydroxyl groups is 6. The third-order valence-corrected chi connectivity index (χ3v) is 8.81. The van der Waals surface area contributed by atoms with E-state index in [1.807, 2.05) is 0 Å². The molecule has 7 atom stereocenters. The molecular weight excluding hydrogens is 548 g/mol. The third kappa shape index (κ3) is 20.6. The maximum Gasteiger partial charge on any atom is 0.334 e. The minimum Gasteiger partial charge on any atom is -0.455 e. The van der Waals surface area contributed by atoms with Crippen molar-refractivity contribution in [3.63, 3.8) is 0 Å². The number of esters is 1. The first-order valence-electron chi connectivity index (χ1n) is 17.6. The van der Waals surface area contributed by atoms with Gasteiger partial charge in [0.25, 0.3) is 0 Å². The quantitative estimate of drug-likeness (QED) is 0.0443. The number of hydrogen-bond acceptors (Lipinski definition) is 8. The minimum atomic E-state index is -0.932. The van der Waals surface area contributed by atoms with Crippen LogP contribution in [-0.2, 0) is 9.53 Å². The van der Waals surface area contributed by atoms with E-state index in [2.05, 4.69) is 6.92 Å². The lowest BCUT2D eigenvalue weighted by atomic mass is 9.96. The molecule has 1 heterocycles. The van der Waals surface area contributed by atoms with Crippen molar-refractivity contribution in [3.05, 3.63) is 11.6 Å². The Morgan fingerprint density at radius 1 is 0.558 bits per heavy atom. The van der Waals surface area contributed by atoms with Gasteiger partial charge in [0.1, 0.15) is 6.10 Å². The average molecular weight is 615 g/mol. The first-order chi connectivity index (χ1) is 20.6. The summed E-state index contributed by atoms with van der Waals surface area (Å²) in [4.78, 5) is 11.6. The summed E-state index contributed by atoms with van der Waals surface area (Å²) in [5, 5.41) is 61.5. The van der Waals surface area contributed by atoms with Crippen molar-refractivity contribution < 1.29 is 40.2 Å². The van der Waals surface area contributed by atoms with Crippen molar-refractivity contribution in [1.82, 2.24) is 0 Å². The second-order valence-electron chi connectivity index (χ2n) is 13.1. The minimum absolute atomic E-state index is 0.215. The molecule has 0 aliphatic carbocycles. The van der Waals surface area contributed by atoms with Crippen LogP contribution in [0.2, 0.25) is 0 Å². The van der Waals surface area contributed by atoms with E-state index in [9.17, 15) is 35.4 Å². The highest BCUT2D eigenvalue weighted by Crippen LogP contribution is 2.21. The zero-order valence-electron chi connectivity index (χ0n) is 27.4. The standard InChI is InChI=1S/C35H66O8/c1-3-4-5-6-7-8-9-10-11-15-21-31(38)33(40)23-24-34(41)32(39)22-17-16-19-29(36)18-13-12-14-20-30(37)26-28-25-27(2)43-35(28)42/h25,27,29-34,36-41H,3-24,26H2,1-2H3. The molecule has 0 radical (unpaired) electrons. The molecule has 0 amide bonds. The van der Waals surface area contributed by atoms with Crippen LogP contribution in [0.1, 0.15) is 162 Å². The smallest absolute Gasteiger partial charge is 0.334 e. The summed E-state index contributed by atoms with van der Waals surface area (Å²) >= 11 is 0. The Morgan fingerprint density at radius 3 is 1.42 bits per heavy atom. The summed E-state index contributed by atoms with van der Waals surface area (Å²) in [5.74, 6) is -0.333. The maximum absolute atomic E-state index is 11.6. The van der Waals surface area contributed by atoms with Gasteiger partial charge in [-0.15, -0.1) is 0 Å². The predicted molar refractivity (Wildman–Crippen MR) is 172 cm³/mol. The summed E-state index contributed by atoms with van der Waals surface area (Å²) in [7, 11) is 0. The van der Waals surface area contributed by atoms with Crippen molar-refractivity contribution in [2.45, 2.75) is 204 Å². The molecule has 43 heavy (non-hydrogen) atoms. The number of ether oxygens (including phenoxy) is 1. The molecular formula is C35H66O8. The Kier molecular flexibility index (Phi) is 23.4. The van der Waals surface area contributed by atoms with Crippen LogP contribution in [0.4, 0.5) is 0 Å². The van der Waals surface area contributed by atoms with E-state index in [0.29, 0.717) is 50.5 Å². The van der Waals surface area contributed by atoms with E-state index in [-0.39, 0.29) is 24.9 Å². The lowest BCUT2D eigenvalue weighted by Gasteiger charge is -2.22. The summed E-state index contributed by atoms with van der Waals surface area (Å²) in [6, 6.07) is 0. The Morgan fingerprint density at radius 2 is 0.930 bits per heavy atom. The molecule has 254 valence electrons. The number of carbonyl (C=O) groups excluding carboxylic acids is 1. The van der Waals surface area contributed by atoms with Crippen LogP contribution < -0.4 is 0 Å². The molecule has 0 saturated heterocycles. The summed E-state index contributed by atoms with van der Waals surface area (Å²) in [5.41, 5.74) is 0.555. The number of unbranched alkanes of at least 4 members (excludes halogenated alkanes) is 12. The fourth-order valence-electron chi connectivity index (χ4n) is 5.90.